The van der Waals surface area contributed by atoms with Gasteiger partial charge in [0.05, 0.1) is 37.8 Å². The van der Waals surface area contributed by atoms with Gasteiger partial charge in [-0.2, -0.15) is 5.10 Å². The normalized spacial score (nSPS) is 21.0. The van der Waals surface area contributed by atoms with Crippen LogP contribution < -0.4 is 14.6 Å². The number of β-lactam (4-membered cyclic amide) rings is 1. The summed E-state index contributed by atoms with van der Waals surface area (Å²) in [6.45, 7) is 1.98. The fraction of sp³-hybridized carbons (Fsp3) is 0.189. The van der Waals surface area contributed by atoms with Gasteiger partial charge in [-0.25, -0.2) is 4.79 Å². The third-order valence-electron chi connectivity index (χ3n) is 8.32. The molecule has 0 unspecified atom stereocenters. The highest BCUT2D eigenvalue weighted by Crippen LogP contribution is 2.41. The predicted octanol–water partition coefficient (Wildman–Crippen LogP) is 5.98. The summed E-state index contributed by atoms with van der Waals surface area (Å²) in [5.41, 5.74) is 3.94. The Morgan fingerprint density at radius 3 is 2.02 bits per heavy atom. The molecule has 2 aliphatic heterocycles. The first-order valence-corrected chi connectivity index (χ1v) is 14.7. The van der Waals surface area contributed by atoms with E-state index in [9.17, 15) is 14.4 Å². The van der Waals surface area contributed by atoms with Crippen molar-refractivity contribution in [2.75, 3.05) is 24.1 Å². The zero-order chi connectivity index (χ0) is 31.5. The predicted molar refractivity (Wildman–Crippen MR) is 174 cm³/mol. The molecule has 2 aliphatic rings. The summed E-state index contributed by atoms with van der Waals surface area (Å²) in [6, 6.07) is 32.3. The van der Waals surface area contributed by atoms with Crippen molar-refractivity contribution < 1.29 is 23.9 Å². The van der Waals surface area contributed by atoms with E-state index in [0.29, 0.717) is 22.7 Å². The van der Waals surface area contributed by atoms with E-state index in [0.717, 1.165) is 11.1 Å². The number of hydrazone groups is 1. The number of rotatable bonds is 9. The first-order valence-electron chi connectivity index (χ1n) is 14.7. The average molecular weight is 600 g/mol. The van der Waals surface area contributed by atoms with Crippen molar-refractivity contribution in [2.45, 2.75) is 24.9 Å². The van der Waals surface area contributed by atoms with E-state index in [2.05, 4.69) is 5.10 Å². The fourth-order valence-electron chi connectivity index (χ4n) is 5.97. The third kappa shape index (κ3) is 5.62. The number of aryl methyl sites for hydroxylation is 1. The monoisotopic (exact) mass is 599 g/mol. The van der Waals surface area contributed by atoms with Crippen LogP contribution >= 0.6 is 0 Å². The van der Waals surface area contributed by atoms with Gasteiger partial charge in [-0.15, -0.1) is 0 Å². The van der Waals surface area contributed by atoms with E-state index in [-0.39, 0.29) is 23.4 Å². The summed E-state index contributed by atoms with van der Waals surface area (Å²) in [6.07, 6.45) is 3.75. The van der Waals surface area contributed by atoms with Gasteiger partial charge in [-0.1, -0.05) is 90.5 Å². The maximum Gasteiger partial charge on any atom is 0.354 e. The highest BCUT2D eigenvalue weighted by molar-refractivity contribution is 6.39. The molecule has 6 rings (SSSR count). The van der Waals surface area contributed by atoms with Crippen molar-refractivity contribution in [3.8, 4) is 5.75 Å². The lowest BCUT2D eigenvalue weighted by Gasteiger charge is -2.46. The number of hydrogen-bond donors (Lipinski definition) is 0. The Morgan fingerprint density at radius 1 is 0.778 bits per heavy atom. The summed E-state index contributed by atoms with van der Waals surface area (Å²) in [4.78, 5) is 42.8. The summed E-state index contributed by atoms with van der Waals surface area (Å²) in [7, 11) is 2.89. The van der Waals surface area contributed by atoms with E-state index in [1.807, 2.05) is 116 Å². The van der Waals surface area contributed by atoms with E-state index in [1.54, 1.807) is 29.2 Å². The van der Waals surface area contributed by atoms with Gasteiger partial charge in [0.25, 0.3) is 0 Å². The number of benzene rings is 4. The Balaban J connectivity index is 1.43. The van der Waals surface area contributed by atoms with Crippen LogP contribution in [0.25, 0.3) is 0 Å². The average Bonchev–Trinajstić information content (AvgIpc) is 3.46. The van der Waals surface area contributed by atoms with E-state index in [1.165, 1.54) is 7.11 Å². The van der Waals surface area contributed by atoms with Gasteiger partial charge in [0.15, 0.2) is 11.5 Å². The van der Waals surface area contributed by atoms with Crippen LogP contribution in [-0.2, 0) is 14.3 Å². The molecule has 0 aromatic heterocycles. The number of anilines is 2. The van der Waals surface area contributed by atoms with Crippen LogP contribution in [0.5, 0.6) is 5.75 Å². The number of amides is 1. The fourth-order valence-corrected chi connectivity index (χ4v) is 5.97. The number of methoxy groups -OCH3 is 2. The Hall–Kier alpha value is -5.50. The first-order chi connectivity index (χ1) is 21.9. The molecule has 0 radical (unpaired) electrons. The highest BCUT2D eigenvalue weighted by atomic mass is 16.5. The molecule has 45 heavy (non-hydrogen) atoms. The van der Waals surface area contributed by atoms with Crippen molar-refractivity contribution >= 4 is 34.7 Å². The second kappa shape index (κ2) is 12.6. The van der Waals surface area contributed by atoms with Crippen molar-refractivity contribution in [1.82, 2.24) is 0 Å². The van der Waals surface area contributed by atoms with Crippen molar-refractivity contribution in [1.29, 1.82) is 0 Å². The van der Waals surface area contributed by atoms with Gasteiger partial charge >= 0.3 is 5.97 Å². The summed E-state index contributed by atoms with van der Waals surface area (Å²) in [5, 5.41) is 6.30. The molecule has 1 fully saturated rings. The quantitative estimate of drug-likeness (QED) is 0.102. The molecular weight excluding hydrogens is 566 g/mol. The molecule has 8 heteroatoms. The third-order valence-corrected chi connectivity index (χ3v) is 8.32. The molecule has 226 valence electrons. The molecule has 0 N–H and O–H groups in total. The molecule has 8 nitrogen and oxygen atoms in total. The van der Waals surface area contributed by atoms with Gasteiger partial charge in [0, 0.05) is 11.3 Å². The van der Waals surface area contributed by atoms with Gasteiger partial charge in [-0.3, -0.25) is 14.6 Å². The molecule has 4 atom stereocenters. The van der Waals surface area contributed by atoms with Crippen molar-refractivity contribution in [3.63, 3.8) is 0 Å². The van der Waals surface area contributed by atoms with Crippen molar-refractivity contribution in [3.05, 3.63) is 138 Å². The van der Waals surface area contributed by atoms with Gasteiger partial charge < -0.3 is 14.4 Å². The number of carbonyl (C=O) groups excluding carboxylic acids is 3. The maximum atomic E-state index is 14.2. The highest BCUT2D eigenvalue weighted by Gasteiger charge is 2.49. The second-order valence-electron chi connectivity index (χ2n) is 11.0. The summed E-state index contributed by atoms with van der Waals surface area (Å²) < 4.78 is 10.5. The molecule has 4 aromatic rings. The molecule has 0 spiro atoms. The van der Waals surface area contributed by atoms with E-state index < -0.39 is 23.8 Å². The zero-order valence-corrected chi connectivity index (χ0v) is 25.2. The number of esters is 1. The number of ketones is 1. The van der Waals surface area contributed by atoms with Gasteiger partial charge in [-0.05, 0) is 48.9 Å². The molecule has 0 saturated carbocycles. The van der Waals surface area contributed by atoms with Gasteiger partial charge in [0.2, 0.25) is 5.91 Å². The summed E-state index contributed by atoms with van der Waals surface area (Å²) in [5.74, 6) is -1.38. The lowest BCUT2D eigenvalue weighted by atomic mass is 9.79. The van der Waals surface area contributed by atoms with Crippen LogP contribution in [0.15, 0.2) is 126 Å². The lowest BCUT2D eigenvalue weighted by Crippen LogP contribution is -2.59. The Morgan fingerprint density at radius 2 is 1.40 bits per heavy atom. The molecular formula is C37H33N3O5. The first kappa shape index (κ1) is 29.6. The van der Waals surface area contributed by atoms with Crippen molar-refractivity contribution in [2.24, 2.45) is 11.0 Å². The van der Waals surface area contributed by atoms with E-state index >= 15 is 0 Å². The zero-order valence-electron chi connectivity index (χ0n) is 25.2. The van der Waals surface area contributed by atoms with Crippen LogP contribution in [0.4, 0.5) is 11.4 Å². The SMILES string of the molecule is COC(=O)C1=NN(c2ccc(C)cc2)[C@H](C(=O)c2ccccc2)[C@H]1C=C[C@H]1[C@@H](c2ccccc2)C(=O)N1c1ccc(OC)cc1. The Labute approximate surface area is 262 Å². The lowest BCUT2D eigenvalue weighted by molar-refractivity contribution is -0.133. The number of ether oxygens (including phenoxy) is 2. The number of hydrogen-bond acceptors (Lipinski definition) is 7. The van der Waals surface area contributed by atoms with Gasteiger partial charge in [0.1, 0.15) is 11.8 Å². The number of carbonyl (C=O) groups is 3. The molecule has 0 aliphatic carbocycles. The van der Waals surface area contributed by atoms with Crippen LogP contribution in [0.2, 0.25) is 0 Å². The topological polar surface area (TPSA) is 88.5 Å². The molecule has 4 aromatic carbocycles. The second-order valence-corrected chi connectivity index (χ2v) is 11.0. The summed E-state index contributed by atoms with van der Waals surface area (Å²) >= 11 is 0. The molecule has 1 saturated heterocycles. The van der Waals surface area contributed by atoms with Crippen LogP contribution in [0, 0.1) is 12.8 Å². The largest absolute Gasteiger partial charge is 0.497 e. The molecule has 2 heterocycles. The van der Waals surface area contributed by atoms with Crippen LogP contribution in [0.3, 0.4) is 0 Å². The van der Waals surface area contributed by atoms with Crippen LogP contribution in [-0.4, -0.2) is 49.7 Å². The minimum absolute atomic E-state index is 0.0486. The van der Waals surface area contributed by atoms with Crippen LogP contribution in [0.1, 0.15) is 27.4 Å². The standard InChI is InChI=1S/C37H33N3O5/c1-24-14-16-28(17-15-24)40-34(35(41)26-12-8-5-9-13-26)30(33(38-40)37(43)45-3)22-23-31-32(25-10-6-4-7-11-25)36(42)39(31)27-18-20-29(44-2)21-19-27/h4-23,30-32,34H,1-3H3/t30-,31-,32+,34-/m0/s1. The van der Waals surface area contributed by atoms with E-state index in [4.69, 9.17) is 9.47 Å². The maximum absolute atomic E-state index is 14.2. The Kier molecular flexibility index (Phi) is 8.29. The minimum Gasteiger partial charge on any atom is -0.497 e. The molecule has 1 amide bonds. The number of Topliss-reactive ketones (excluding diaryl/α,β-unsaturated/α-hetero) is 1. The molecule has 0 bridgehead atoms. The Bertz CT molecular complexity index is 1750. The smallest absolute Gasteiger partial charge is 0.354 e. The number of nitrogens with zero attached hydrogens (tertiary/aromatic N) is 3. The minimum atomic E-state index is -0.860.